The first-order valence-corrected chi connectivity index (χ1v) is 8.15. The van der Waals surface area contributed by atoms with Crippen molar-refractivity contribution in [3.8, 4) is 0 Å². The molecule has 1 aromatic carbocycles. The molecule has 4 nitrogen and oxygen atoms in total. The van der Waals surface area contributed by atoms with Crippen LogP contribution in [0.2, 0.25) is 0 Å². The molecule has 1 unspecified atom stereocenters. The van der Waals surface area contributed by atoms with Crippen molar-refractivity contribution < 1.29 is 8.42 Å². The third-order valence-corrected chi connectivity index (χ3v) is 5.62. The maximum Gasteiger partial charge on any atom is 0.250 e. The van der Waals surface area contributed by atoms with Crippen molar-refractivity contribution in [1.82, 2.24) is 4.72 Å². The largest absolute Gasteiger partial charge is 0.323 e. The highest BCUT2D eigenvalue weighted by Crippen LogP contribution is 2.20. The van der Waals surface area contributed by atoms with Gasteiger partial charge in [-0.1, -0.05) is 30.3 Å². The number of nitrogens with two attached hydrogens (primary N) is 1. The van der Waals surface area contributed by atoms with Crippen molar-refractivity contribution in [2.24, 2.45) is 5.73 Å². The minimum Gasteiger partial charge on any atom is -0.323 e. The Bertz CT molecular complexity index is 636. The van der Waals surface area contributed by atoms with Gasteiger partial charge >= 0.3 is 0 Å². The Kier molecular flexibility index (Phi) is 4.36. The number of hydrogen-bond acceptors (Lipinski definition) is 4. The van der Waals surface area contributed by atoms with Crippen LogP contribution in [0.15, 0.2) is 46.7 Å². The molecular formula is C13H16N2O2S2. The fourth-order valence-electron chi connectivity index (χ4n) is 1.65. The first-order chi connectivity index (χ1) is 8.99. The van der Waals surface area contributed by atoms with Crippen LogP contribution in [-0.4, -0.2) is 15.0 Å². The molecule has 0 saturated heterocycles. The lowest BCUT2D eigenvalue weighted by atomic mass is 10.1. The van der Waals surface area contributed by atoms with E-state index >= 15 is 0 Å². The van der Waals surface area contributed by atoms with Crippen molar-refractivity contribution in [3.05, 3.63) is 52.9 Å². The molecule has 0 aliphatic carbocycles. The van der Waals surface area contributed by atoms with Gasteiger partial charge in [0.25, 0.3) is 0 Å². The van der Waals surface area contributed by atoms with Gasteiger partial charge in [0.05, 0.1) is 0 Å². The molecule has 0 aliphatic rings. The molecular weight excluding hydrogens is 280 g/mol. The summed E-state index contributed by atoms with van der Waals surface area (Å²) in [6, 6.07) is 12.5. The van der Waals surface area contributed by atoms with E-state index in [4.69, 9.17) is 5.73 Å². The van der Waals surface area contributed by atoms with Gasteiger partial charge in [0.1, 0.15) is 4.21 Å². The van der Waals surface area contributed by atoms with E-state index in [0.29, 0.717) is 4.21 Å². The Hall–Kier alpha value is -1.21. The second-order valence-corrected chi connectivity index (χ2v) is 7.52. The summed E-state index contributed by atoms with van der Waals surface area (Å²) in [7, 11) is -3.45. The van der Waals surface area contributed by atoms with Crippen LogP contribution in [0.3, 0.4) is 0 Å². The molecule has 6 heteroatoms. The molecule has 0 amide bonds. The molecule has 0 bridgehead atoms. The monoisotopic (exact) mass is 296 g/mol. The lowest BCUT2D eigenvalue weighted by Crippen LogP contribution is -2.31. The molecule has 102 valence electrons. The van der Waals surface area contributed by atoms with Crippen molar-refractivity contribution in [3.63, 3.8) is 0 Å². The number of thiophene rings is 1. The molecule has 0 aliphatic heterocycles. The number of rotatable bonds is 5. The van der Waals surface area contributed by atoms with E-state index in [1.54, 1.807) is 12.1 Å². The molecule has 2 aromatic rings. The van der Waals surface area contributed by atoms with E-state index in [-0.39, 0.29) is 12.6 Å². The lowest BCUT2D eigenvalue weighted by Gasteiger charge is -2.12. The fourth-order valence-corrected chi connectivity index (χ4v) is 4.03. The molecule has 0 saturated carbocycles. The summed E-state index contributed by atoms with van der Waals surface area (Å²) in [5.74, 6) is 0. The highest BCUT2D eigenvalue weighted by Gasteiger charge is 2.17. The van der Waals surface area contributed by atoms with Gasteiger partial charge in [-0.05, 0) is 24.6 Å². The van der Waals surface area contributed by atoms with E-state index < -0.39 is 10.0 Å². The number of aryl methyl sites for hydroxylation is 1. The van der Waals surface area contributed by atoms with Crippen molar-refractivity contribution in [2.75, 3.05) is 6.54 Å². The van der Waals surface area contributed by atoms with Crippen LogP contribution in [-0.2, 0) is 10.0 Å². The van der Waals surface area contributed by atoms with Crippen molar-refractivity contribution in [1.29, 1.82) is 0 Å². The normalized spacial score (nSPS) is 13.4. The van der Waals surface area contributed by atoms with Crippen LogP contribution >= 0.6 is 11.3 Å². The Labute approximate surface area is 117 Å². The van der Waals surface area contributed by atoms with E-state index in [1.165, 1.54) is 11.3 Å². The zero-order chi connectivity index (χ0) is 13.9. The maximum atomic E-state index is 12.0. The number of hydrogen-bond donors (Lipinski definition) is 2. The quantitative estimate of drug-likeness (QED) is 0.887. The number of sulfonamides is 1. The summed E-state index contributed by atoms with van der Waals surface area (Å²) in [6.45, 7) is 2.06. The van der Waals surface area contributed by atoms with Crippen LogP contribution in [0.1, 0.15) is 16.5 Å². The van der Waals surface area contributed by atoms with Crippen molar-refractivity contribution in [2.45, 2.75) is 17.2 Å². The van der Waals surface area contributed by atoms with Gasteiger partial charge in [-0.15, -0.1) is 11.3 Å². The summed E-state index contributed by atoms with van der Waals surface area (Å²) in [5, 5.41) is 0. The summed E-state index contributed by atoms with van der Waals surface area (Å²) in [6.07, 6.45) is 0. The molecule has 1 aromatic heterocycles. The van der Waals surface area contributed by atoms with E-state index in [0.717, 1.165) is 10.4 Å². The molecule has 2 rings (SSSR count). The zero-order valence-corrected chi connectivity index (χ0v) is 12.2. The summed E-state index contributed by atoms with van der Waals surface area (Å²) >= 11 is 1.25. The zero-order valence-electron chi connectivity index (χ0n) is 10.5. The van der Waals surface area contributed by atoms with Crippen LogP contribution in [0.4, 0.5) is 0 Å². The lowest BCUT2D eigenvalue weighted by molar-refractivity contribution is 0.574. The highest BCUT2D eigenvalue weighted by molar-refractivity contribution is 7.91. The van der Waals surface area contributed by atoms with Gasteiger partial charge in [0.15, 0.2) is 0 Å². The Morgan fingerprint density at radius 3 is 2.47 bits per heavy atom. The van der Waals surface area contributed by atoms with E-state index in [2.05, 4.69) is 4.72 Å². The molecule has 1 atom stereocenters. The number of nitrogens with one attached hydrogen (secondary N) is 1. The SMILES string of the molecule is Cc1ccc(S(=O)(=O)NCC(N)c2ccccc2)s1. The predicted octanol–water partition coefficient (Wildman–Crippen LogP) is 2.03. The second kappa shape index (κ2) is 5.83. The molecule has 0 fully saturated rings. The van der Waals surface area contributed by atoms with Gasteiger partial charge in [-0.3, -0.25) is 0 Å². The Morgan fingerprint density at radius 1 is 1.21 bits per heavy atom. The van der Waals surface area contributed by atoms with Crippen molar-refractivity contribution >= 4 is 21.4 Å². The van der Waals surface area contributed by atoms with E-state index in [9.17, 15) is 8.42 Å². The van der Waals surface area contributed by atoms with Crippen LogP contribution in [0.25, 0.3) is 0 Å². The first-order valence-electron chi connectivity index (χ1n) is 5.86. The third kappa shape index (κ3) is 3.63. The average Bonchev–Trinajstić information content (AvgIpc) is 2.85. The second-order valence-electron chi connectivity index (χ2n) is 4.23. The topological polar surface area (TPSA) is 72.2 Å². The van der Waals surface area contributed by atoms with E-state index in [1.807, 2.05) is 37.3 Å². The van der Waals surface area contributed by atoms with Gasteiger partial charge in [0.2, 0.25) is 10.0 Å². The van der Waals surface area contributed by atoms with Crippen LogP contribution in [0.5, 0.6) is 0 Å². The third-order valence-electron chi connectivity index (χ3n) is 2.70. The molecule has 0 radical (unpaired) electrons. The standard InChI is InChI=1S/C13H16N2O2S2/c1-10-7-8-13(18-10)19(16,17)15-9-12(14)11-5-3-2-4-6-11/h2-8,12,15H,9,14H2,1H3. The maximum absolute atomic E-state index is 12.0. The van der Waals surface area contributed by atoms with Gasteiger partial charge in [0, 0.05) is 17.5 Å². The number of benzene rings is 1. The summed E-state index contributed by atoms with van der Waals surface area (Å²) < 4.78 is 26.9. The summed E-state index contributed by atoms with van der Waals surface area (Å²) in [5.41, 5.74) is 6.87. The fraction of sp³-hybridized carbons (Fsp3) is 0.231. The molecule has 3 N–H and O–H groups in total. The van der Waals surface area contributed by atoms with Gasteiger partial charge in [-0.25, -0.2) is 13.1 Å². The highest BCUT2D eigenvalue weighted by atomic mass is 32.2. The predicted molar refractivity (Wildman–Crippen MR) is 77.6 cm³/mol. The average molecular weight is 296 g/mol. The Morgan fingerprint density at radius 2 is 1.89 bits per heavy atom. The minimum absolute atomic E-state index is 0.184. The smallest absolute Gasteiger partial charge is 0.250 e. The molecule has 1 heterocycles. The van der Waals surface area contributed by atoms with Crippen LogP contribution in [0, 0.1) is 6.92 Å². The Balaban J connectivity index is 2.03. The first kappa shape index (κ1) is 14.2. The van der Waals surface area contributed by atoms with Gasteiger partial charge < -0.3 is 5.73 Å². The molecule has 19 heavy (non-hydrogen) atoms. The van der Waals surface area contributed by atoms with Gasteiger partial charge in [-0.2, -0.15) is 0 Å². The van der Waals surface area contributed by atoms with Crippen LogP contribution < -0.4 is 10.5 Å². The minimum atomic E-state index is -3.45. The molecule has 0 spiro atoms. The summed E-state index contributed by atoms with van der Waals surface area (Å²) in [4.78, 5) is 0.965.